The van der Waals surface area contributed by atoms with Crippen LogP contribution in [0.15, 0.2) is 21.6 Å². The van der Waals surface area contributed by atoms with Gasteiger partial charge in [0.05, 0.1) is 16.5 Å². The molecule has 17 heavy (non-hydrogen) atoms. The van der Waals surface area contributed by atoms with Gasteiger partial charge in [-0.15, -0.1) is 0 Å². The average Bonchev–Trinajstić information content (AvgIpc) is 2.86. The molecule has 4 nitrogen and oxygen atoms in total. The van der Waals surface area contributed by atoms with Crippen LogP contribution in [0.5, 0.6) is 0 Å². The molecular formula is C12H17NO3S. The van der Waals surface area contributed by atoms with Gasteiger partial charge in [-0.1, -0.05) is 13.3 Å². The van der Waals surface area contributed by atoms with Crippen LogP contribution in [0.1, 0.15) is 32.6 Å². The molecule has 0 aliphatic carbocycles. The van der Waals surface area contributed by atoms with Gasteiger partial charge in [-0.25, -0.2) is 9.00 Å². The van der Waals surface area contributed by atoms with E-state index in [1.54, 1.807) is 5.41 Å². The van der Waals surface area contributed by atoms with Gasteiger partial charge >= 0.3 is 5.97 Å². The monoisotopic (exact) mass is 255 g/mol. The third-order valence-corrected chi connectivity index (χ3v) is 4.40. The summed E-state index contributed by atoms with van der Waals surface area (Å²) in [7, 11) is -1.47. The van der Waals surface area contributed by atoms with Gasteiger partial charge in [0.1, 0.15) is 4.91 Å². The van der Waals surface area contributed by atoms with E-state index in [2.05, 4.69) is 4.90 Å². The van der Waals surface area contributed by atoms with Crippen LogP contribution in [0.3, 0.4) is 0 Å². The maximum absolute atomic E-state index is 11.8. The van der Waals surface area contributed by atoms with Gasteiger partial charge in [0, 0.05) is 18.5 Å². The van der Waals surface area contributed by atoms with Crippen molar-refractivity contribution in [1.29, 1.82) is 0 Å². The molecule has 0 aromatic heterocycles. The number of allylic oxidation sites excluding steroid dienone is 1. The molecule has 94 valence electrons. The Labute approximate surface area is 103 Å². The number of carboxylic acids is 1. The van der Waals surface area contributed by atoms with Gasteiger partial charge in [0.25, 0.3) is 0 Å². The number of likely N-dealkylation sites (tertiary alicyclic amines) is 1. The standard InChI is InChI=1S/C12H17NO3S/c1-2-5-9-10(13-6-3-4-7-13)8-17(16)11(9)12(14)15/h8H,2-7H2,1H3,(H,14,15). The van der Waals surface area contributed by atoms with Crippen molar-refractivity contribution >= 4 is 16.8 Å². The van der Waals surface area contributed by atoms with Crippen molar-refractivity contribution in [2.45, 2.75) is 32.6 Å². The summed E-state index contributed by atoms with van der Waals surface area (Å²) in [4.78, 5) is 13.4. The first-order chi connectivity index (χ1) is 8.15. The van der Waals surface area contributed by atoms with Gasteiger partial charge in [0.15, 0.2) is 0 Å². The van der Waals surface area contributed by atoms with Gasteiger partial charge in [-0.2, -0.15) is 0 Å². The van der Waals surface area contributed by atoms with Crippen molar-refractivity contribution in [3.8, 4) is 0 Å². The Bertz CT molecular complexity index is 419. The van der Waals surface area contributed by atoms with Crippen LogP contribution < -0.4 is 0 Å². The first-order valence-electron chi connectivity index (χ1n) is 5.99. The van der Waals surface area contributed by atoms with E-state index < -0.39 is 16.8 Å². The summed E-state index contributed by atoms with van der Waals surface area (Å²) in [5, 5.41) is 10.7. The second kappa shape index (κ2) is 5.04. The third-order valence-electron chi connectivity index (χ3n) is 3.14. The second-order valence-electron chi connectivity index (χ2n) is 4.36. The van der Waals surface area contributed by atoms with Crippen LogP contribution in [-0.2, 0) is 15.6 Å². The van der Waals surface area contributed by atoms with Gasteiger partial charge < -0.3 is 10.0 Å². The zero-order valence-electron chi connectivity index (χ0n) is 9.94. The number of nitrogens with zero attached hydrogens (tertiary/aromatic N) is 1. The van der Waals surface area contributed by atoms with Crippen molar-refractivity contribution in [2.24, 2.45) is 0 Å². The van der Waals surface area contributed by atoms with Crippen molar-refractivity contribution in [1.82, 2.24) is 4.90 Å². The van der Waals surface area contributed by atoms with E-state index in [0.29, 0.717) is 6.42 Å². The first-order valence-corrected chi connectivity index (χ1v) is 7.20. The second-order valence-corrected chi connectivity index (χ2v) is 5.60. The fraction of sp³-hybridized carbons (Fsp3) is 0.583. The van der Waals surface area contributed by atoms with Gasteiger partial charge in [-0.05, 0) is 24.8 Å². The minimum Gasteiger partial charge on any atom is -0.477 e. The molecule has 2 aliphatic heterocycles. The van der Waals surface area contributed by atoms with E-state index in [1.165, 1.54) is 0 Å². The highest BCUT2D eigenvalue weighted by atomic mass is 32.2. The molecule has 1 unspecified atom stereocenters. The zero-order chi connectivity index (χ0) is 12.4. The van der Waals surface area contributed by atoms with Gasteiger partial charge in [-0.3, -0.25) is 0 Å². The lowest BCUT2D eigenvalue weighted by atomic mass is 10.1. The molecule has 2 heterocycles. The van der Waals surface area contributed by atoms with Crippen LogP contribution in [0, 0.1) is 0 Å². The maximum atomic E-state index is 11.8. The van der Waals surface area contributed by atoms with Gasteiger partial charge in [0.2, 0.25) is 0 Å². The minimum absolute atomic E-state index is 0.0914. The Hall–Kier alpha value is -1.10. The normalized spacial score (nSPS) is 24.4. The van der Waals surface area contributed by atoms with Crippen LogP contribution in [0.2, 0.25) is 0 Å². The third kappa shape index (κ3) is 2.29. The van der Waals surface area contributed by atoms with Crippen LogP contribution in [-0.4, -0.2) is 33.3 Å². The molecule has 2 aliphatic rings. The summed E-state index contributed by atoms with van der Waals surface area (Å²) in [5.74, 6) is -1.04. The van der Waals surface area contributed by atoms with E-state index in [1.807, 2.05) is 6.92 Å². The fourth-order valence-electron chi connectivity index (χ4n) is 2.40. The molecule has 1 N–H and O–H groups in total. The topological polar surface area (TPSA) is 57.6 Å². The molecule has 1 fully saturated rings. The highest BCUT2D eigenvalue weighted by Gasteiger charge is 2.31. The molecule has 0 aromatic carbocycles. The van der Waals surface area contributed by atoms with Crippen molar-refractivity contribution < 1.29 is 14.1 Å². The summed E-state index contributed by atoms with van der Waals surface area (Å²) in [6.07, 6.45) is 3.82. The molecular weight excluding hydrogens is 238 g/mol. The Morgan fingerprint density at radius 3 is 2.65 bits per heavy atom. The molecule has 0 spiro atoms. The van der Waals surface area contributed by atoms with E-state index in [-0.39, 0.29) is 4.91 Å². The number of carboxylic acid groups (broad SMARTS) is 1. The fourth-order valence-corrected chi connectivity index (χ4v) is 3.63. The van der Waals surface area contributed by atoms with Crippen LogP contribution >= 0.6 is 0 Å². The summed E-state index contributed by atoms with van der Waals surface area (Å²) in [6.45, 7) is 3.90. The van der Waals surface area contributed by atoms with Crippen molar-refractivity contribution in [3.05, 3.63) is 21.6 Å². The number of aliphatic carboxylic acids is 1. The molecule has 2 rings (SSSR count). The molecule has 0 radical (unpaired) electrons. The lowest BCUT2D eigenvalue weighted by Gasteiger charge is -2.21. The number of rotatable bonds is 4. The molecule has 0 bridgehead atoms. The van der Waals surface area contributed by atoms with Crippen LogP contribution in [0.25, 0.3) is 0 Å². The number of carbonyl (C=O) groups is 1. The predicted molar refractivity (Wildman–Crippen MR) is 66.6 cm³/mol. The summed E-state index contributed by atoms with van der Waals surface area (Å²) >= 11 is 0. The Balaban J connectivity index is 2.35. The van der Waals surface area contributed by atoms with Crippen molar-refractivity contribution in [3.63, 3.8) is 0 Å². The summed E-state index contributed by atoms with van der Waals surface area (Å²) < 4.78 is 11.8. The Morgan fingerprint density at radius 1 is 1.47 bits per heavy atom. The highest BCUT2D eigenvalue weighted by molar-refractivity contribution is 7.93. The smallest absolute Gasteiger partial charge is 0.345 e. The molecule has 1 atom stereocenters. The summed E-state index contributed by atoms with van der Waals surface area (Å²) in [5.41, 5.74) is 1.68. The Morgan fingerprint density at radius 2 is 2.12 bits per heavy atom. The molecule has 5 heteroatoms. The molecule has 1 saturated heterocycles. The number of hydrogen-bond acceptors (Lipinski definition) is 3. The molecule has 0 aromatic rings. The maximum Gasteiger partial charge on any atom is 0.345 e. The van der Waals surface area contributed by atoms with E-state index >= 15 is 0 Å². The highest BCUT2D eigenvalue weighted by Crippen LogP contribution is 2.34. The predicted octanol–water partition coefficient (Wildman–Crippen LogP) is 1.82. The number of hydrogen-bond donors (Lipinski definition) is 1. The average molecular weight is 255 g/mol. The Kier molecular flexibility index (Phi) is 3.66. The lowest BCUT2D eigenvalue weighted by molar-refractivity contribution is -0.131. The first kappa shape index (κ1) is 12.4. The SMILES string of the molecule is CCCC1=C(C(=O)O)S(=O)C=C1N1CCCC1. The summed E-state index contributed by atoms with van der Waals surface area (Å²) in [6, 6.07) is 0. The van der Waals surface area contributed by atoms with E-state index in [9.17, 15) is 9.00 Å². The van der Waals surface area contributed by atoms with Crippen molar-refractivity contribution in [2.75, 3.05) is 13.1 Å². The van der Waals surface area contributed by atoms with Crippen LogP contribution in [0.4, 0.5) is 0 Å². The quantitative estimate of drug-likeness (QED) is 0.832. The molecule has 0 saturated carbocycles. The zero-order valence-corrected chi connectivity index (χ0v) is 10.8. The van der Waals surface area contributed by atoms with E-state index in [0.717, 1.165) is 43.6 Å². The minimum atomic E-state index is -1.47. The lowest BCUT2D eigenvalue weighted by Crippen LogP contribution is -2.19. The largest absolute Gasteiger partial charge is 0.477 e. The van der Waals surface area contributed by atoms with E-state index in [4.69, 9.17) is 5.11 Å². The molecule has 0 amide bonds.